The van der Waals surface area contributed by atoms with Crippen LogP contribution in [0.5, 0.6) is 0 Å². The summed E-state index contributed by atoms with van der Waals surface area (Å²) >= 11 is 0. The van der Waals surface area contributed by atoms with Crippen LogP contribution in [0, 0.1) is 5.92 Å². The summed E-state index contributed by atoms with van der Waals surface area (Å²) in [6, 6.07) is 12.8. The van der Waals surface area contributed by atoms with Crippen molar-refractivity contribution in [3.63, 3.8) is 0 Å². The molecule has 1 aliphatic heterocycles. The highest BCUT2D eigenvalue weighted by atomic mass is 16.5. The maximum Gasteiger partial charge on any atom is 0.323 e. The van der Waals surface area contributed by atoms with E-state index in [0.717, 1.165) is 19.5 Å². The van der Waals surface area contributed by atoms with E-state index in [1.54, 1.807) is 0 Å². The third-order valence-corrected chi connectivity index (χ3v) is 4.51. The van der Waals surface area contributed by atoms with Gasteiger partial charge in [0.15, 0.2) is 0 Å². The molecule has 122 valence electrons. The Bertz CT molecular complexity index is 663. The van der Waals surface area contributed by atoms with E-state index < -0.39 is 0 Å². The molecule has 0 N–H and O–H groups in total. The Balaban J connectivity index is 1.85. The fraction of sp³-hybridized carbons (Fsp3) is 0.450. The first-order valence-electron chi connectivity index (χ1n) is 8.49. The zero-order valence-electron chi connectivity index (χ0n) is 14.2. The van der Waals surface area contributed by atoms with Gasteiger partial charge in [-0.15, -0.1) is 0 Å². The van der Waals surface area contributed by atoms with Crippen LogP contribution in [-0.4, -0.2) is 23.5 Å². The Hall–Kier alpha value is -1.87. The van der Waals surface area contributed by atoms with Crippen LogP contribution in [0.2, 0.25) is 0 Å². The number of hydrogen-bond donors (Lipinski definition) is 0. The second-order valence-corrected chi connectivity index (χ2v) is 6.77. The van der Waals surface area contributed by atoms with E-state index in [-0.39, 0.29) is 12.0 Å². The maximum atomic E-state index is 12.4. The normalized spacial score (nSPS) is 15.8. The van der Waals surface area contributed by atoms with Gasteiger partial charge in [-0.3, -0.25) is 9.69 Å². The first-order valence-corrected chi connectivity index (χ1v) is 8.49. The van der Waals surface area contributed by atoms with E-state index in [4.69, 9.17) is 4.74 Å². The molecule has 0 radical (unpaired) electrons. The van der Waals surface area contributed by atoms with E-state index in [1.165, 1.54) is 21.9 Å². The van der Waals surface area contributed by atoms with Crippen molar-refractivity contribution in [1.82, 2.24) is 4.90 Å². The third-order valence-electron chi connectivity index (χ3n) is 4.51. The van der Waals surface area contributed by atoms with Crippen molar-refractivity contribution in [2.24, 2.45) is 5.92 Å². The van der Waals surface area contributed by atoms with Crippen LogP contribution >= 0.6 is 0 Å². The molecule has 0 saturated heterocycles. The van der Waals surface area contributed by atoms with E-state index >= 15 is 0 Å². The highest BCUT2D eigenvalue weighted by Gasteiger charge is 2.32. The van der Waals surface area contributed by atoms with Gasteiger partial charge in [-0.25, -0.2) is 0 Å². The fourth-order valence-corrected chi connectivity index (χ4v) is 3.42. The molecule has 3 nitrogen and oxygen atoms in total. The largest absolute Gasteiger partial charge is 0.465 e. The second kappa shape index (κ2) is 6.71. The van der Waals surface area contributed by atoms with Crippen LogP contribution in [0.4, 0.5) is 0 Å². The first-order chi connectivity index (χ1) is 11.1. The number of hydrogen-bond acceptors (Lipinski definition) is 3. The lowest BCUT2D eigenvalue weighted by molar-refractivity contribution is -0.150. The number of benzene rings is 2. The van der Waals surface area contributed by atoms with Crippen LogP contribution < -0.4 is 0 Å². The zero-order chi connectivity index (χ0) is 16.4. The summed E-state index contributed by atoms with van der Waals surface area (Å²) in [5.41, 5.74) is 2.67. The van der Waals surface area contributed by atoms with Gasteiger partial charge in [-0.2, -0.15) is 0 Å². The van der Waals surface area contributed by atoms with E-state index in [1.807, 2.05) is 6.92 Å². The Morgan fingerprint density at radius 3 is 2.17 bits per heavy atom. The Morgan fingerprint density at radius 2 is 1.70 bits per heavy atom. The van der Waals surface area contributed by atoms with Gasteiger partial charge in [0.2, 0.25) is 0 Å². The molecule has 1 heterocycles. The standard InChI is InChI=1S/C20H25NO2/c1-4-23-20(22)19(9-14(2)3)21-12-17-10-15-7-5-6-8-16(15)11-18(17)13-21/h5-8,10-11,14,19H,4,9,12-13H2,1-3H3/t19-/m0/s1. The van der Waals surface area contributed by atoms with Crippen molar-refractivity contribution in [1.29, 1.82) is 0 Å². The number of carbonyl (C=O) groups is 1. The lowest BCUT2D eigenvalue weighted by Crippen LogP contribution is -2.40. The summed E-state index contributed by atoms with van der Waals surface area (Å²) in [4.78, 5) is 14.7. The van der Waals surface area contributed by atoms with Crippen LogP contribution in [0.15, 0.2) is 36.4 Å². The molecule has 3 heteroatoms. The topological polar surface area (TPSA) is 29.5 Å². The summed E-state index contributed by atoms with van der Waals surface area (Å²) in [5, 5.41) is 2.54. The van der Waals surface area contributed by atoms with Crippen molar-refractivity contribution in [2.45, 2.75) is 46.3 Å². The zero-order valence-corrected chi connectivity index (χ0v) is 14.2. The van der Waals surface area contributed by atoms with Crippen molar-refractivity contribution < 1.29 is 9.53 Å². The minimum atomic E-state index is -0.148. The molecule has 0 saturated carbocycles. The molecule has 0 aromatic heterocycles. The SMILES string of the molecule is CCOC(=O)[C@H](CC(C)C)N1Cc2cc3ccccc3cc2C1. The summed E-state index contributed by atoms with van der Waals surface area (Å²) in [5.74, 6) is 0.380. The van der Waals surface area contributed by atoms with Gasteiger partial charge < -0.3 is 4.74 Å². The molecule has 23 heavy (non-hydrogen) atoms. The molecule has 0 bridgehead atoms. The average Bonchev–Trinajstić information content (AvgIpc) is 2.92. The molecule has 0 aliphatic carbocycles. The van der Waals surface area contributed by atoms with Gasteiger partial charge in [0, 0.05) is 13.1 Å². The second-order valence-electron chi connectivity index (χ2n) is 6.77. The maximum absolute atomic E-state index is 12.4. The average molecular weight is 311 g/mol. The van der Waals surface area contributed by atoms with Crippen LogP contribution in [0.3, 0.4) is 0 Å². The first kappa shape index (κ1) is 16.0. The monoisotopic (exact) mass is 311 g/mol. The van der Waals surface area contributed by atoms with E-state index in [9.17, 15) is 4.79 Å². The van der Waals surface area contributed by atoms with Crippen LogP contribution in [-0.2, 0) is 22.6 Å². The van der Waals surface area contributed by atoms with E-state index in [2.05, 4.69) is 55.1 Å². The highest BCUT2D eigenvalue weighted by Crippen LogP contribution is 2.30. The summed E-state index contributed by atoms with van der Waals surface area (Å²) in [6.07, 6.45) is 0.840. The van der Waals surface area contributed by atoms with Gasteiger partial charge in [0.1, 0.15) is 6.04 Å². The fourth-order valence-electron chi connectivity index (χ4n) is 3.42. The number of rotatable bonds is 5. The Morgan fingerprint density at radius 1 is 1.13 bits per heavy atom. The number of carbonyl (C=O) groups excluding carboxylic acids is 1. The highest BCUT2D eigenvalue weighted by molar-refractivity contribution is 5.84. The molecule has 1 atom stereocenters. The van der Waals surface area contributed by atoms with Gasteiger partial charge in [0.05, 0.1) is 6.61 Å². The molecule has 3 rings (SSSR count). The summed E-state index contributed by atoms with van der Waals surface area (Å²) in [6.45, 7) is 8.29. The van der Waals surface area contributed by atoms with Crippen LogP contribution in [0.1, 0.15) is 38.3 Å². The van der Waals surface area contributed by atoms with Gasteiger partial charge in [-0.1, -0.05) is 38.1 Å². The summed E-state index contributed by atoms with van der Waals surface area (Å²) in [7, 11) is 0. The van der Waals surface area contributed by atoms with Crippen LogP contribution in [0.25, 0.3) is 10.8 Å². The van der Waals surface area contributed by atoms with Crippen molar-refractivity contribution >= 4 is 16.7 Å². The smallest absolute Gasteiger partial charge is 0.323 e. The molecule has 0 amide bonds. The van der Waals surface area contributed by atoms with Gasteiger partial charge in [-0.05, 0) is 53.3 Å². The van der Waals surface area contributed by atoms with Gasteiger partial charge in [0.25, 0.3) is 0 Å². The van der Waals surface area contributed by atoms with E-state index in [0.29, 0.717) is 12.5 Å². The Labute approximate surface area is 138 Å². The molecular formula is C20H25NO2. The molecular weight excluding hydrogens is 286 g/mol. The Kier molecular flexibility index (Phi) is 4.67. The lowest BCUT2D eigenvalue weighted by atomic mass is 10.0. The molecule has 2 aromatic carbocycles. The number of ether oxygens (including phenoxy) is 1. The quantitative estimate of drug-likeness (QED) is 0.778. The van der Waals surface area contributed by atoms with Crippen molar-refractivity contribution in [3.05, 3.63) is 47.5 Å². The number of nitrogens with zero attached hydrogens (tertiary/aromatic N) is 1. The molecule has 0 unspecified atom stereocenters. The van der Waals surface area contributed by atoms with Crippen molar-refractivity contribution in [2.75, 3.05) is 6.61 Å². The third kappa shape index (κ3) is 3.40. The summed E-state index contributed by atoms with van der Waals surface area (Å²) < 4.78 is 5.31. The predicted octanol–water partition coefficient (Wildman–Crippen LogP) is 4.13. The molecule has 0 fully saturated rings. The lowest BCUT2D eigenvalue weighted by Gasteiger charge is -2.27. The molecule has 1 aliphatic rings. The van der Waals surface area contributed by atoms with Crippen molar-refractivity contribution in [3.8, 4) is 0 Å². The predicted molar refractivity (Wildman–Crippen MR) is 93.1 cm³/mol. The number of fused-ring (bicyclic) bond motifs is 2. The minimum Gasteiger partial charge on any atom is -0.465 e. The molecule has 0 spiro atoms. The molecule has 2 aromatic rings. The minimum absolute atomic E-state index is 0.0847. The number of esters is 1. The van der Waals surface area contributed by atoms with Gasteiger partial charge >= 0.3 is 5.97 Å².